The lowest BCUT2D eigenvalue weighted by Gasteiger charge is -2.21. The Morgan fingerprint density at radius 1 is 1.60 bits per heavy atom. The van der Waals surface area contributed by atoms with Crippen molar-refractivity contribution in [3.8, 4) is 0 Å². The Balaban J connectivity index is 2.42. The van der Waals surface area contributed by atoms with Crippen molar-refractivity contribution in [2.24, 2.45) is 11.8 Å². The highest BCUT2D eigenvalue weighted by molar-refractivity contribution is 4.94. The van der Waals surface area contributed by atoms with Crippen LogP contribution in [0.15, 0.2) is 12.3 Å². The Morgan fingerprint density at radius 3 is 2.70 bits per heavy atom. The predicted molar refractivity (Wildman–Crippen MR) is 42.6 cm³/mol. The average Bonchev–Trinajstić information content (AvgIpc) is 2.34. The van der Waals surface area contributed by atoms with E-state index in [4.69, 9.17) is 4.74 Å². The Bertz CT molecular complexity index is 129. The second-order valence-electron chi connectivity index (χ2n) is 3.17. The fourth-order valence-electron chi connectivity index (χ4n) is 1.38. The highest BCUT2D eigenvalue weighted by Crippen LogP contribution is 2.25. The van der Waals surface area contributed by atoms with E-state index in [1.165, 1.54) is 6.42 Å². The molecule has 1 aliphatic rings. The van der Waals surface area contributed by atoms with E-state index in [-0.39, 0.29) is 0 Å². The fraction of sp³-hybridized carbons (Fsp3) is 0.778. The topological polar surface area (TPSA) is 9.23 Å². The molecule has 0 saturated carbocycles. The number of hydrogen-bond acceptors (Lipinski definition) is 1. The number of ether oxygens (including phenoxy) is 1. The van der Waals surface area contributed by atoms with Crippen LogP contribution in [0.25, 0.3) is 0 Å². The number of hydrogen-bond donors (Lipinski definition) is 0. The highest BCUT2D eigenvalue weighted by Gasteiger charge is 2.24. The zero-order valence-corrected chi connectivity index (χ0v) is 7.00. The zero-order chi connectivity index (χ0) is 7.56. The maximum Gasteiger partial charge on any atom is 0.106 e. The first-order chi connectivity index (χ1) is 4.75. The van der Waals surface area contributed by atoms with Gasteiger partial charge in [-0.05, 0) is 12.0 Å². The van der Waals surface area contributed by atoms with E-state index in [1.54, 1.807) is 0 Å². The van der Waals surface area contributed by atoms with Gasteiger partial charge in [0, 0.05) is 5.92 Å². The summed E-state index contributed by atoms with van der Waals surface area (Å²) in [6, 6.07) is 0. The van der Waals surface area contributed by atoms with Crippen molar-refractivity contribution in [2.75, 3.05) is 0 Å². The van der Waals surface area contributed by atoms with Crippen molar-refractivity contribution < 1.29 is 4.74 Å². The van der Waals surface area contributed by atoms with Crippen LogP contribution in [0.2, 0.25) is 0 Å². The third-order valence-electron chi connectivity index (χ3n) is 2.34. The molecule has 1 aliphatic heterocycles. The summed E-state index contributed by atoms with van der Waals surface area (Å²) in [5.41, 5.74) is 0. The molecular formula is C9H16O. The van der Waals surface area contributed by atoms with Crippen LogP contribution in [0.3, 0.4) is 0 Å². The Kier molecular flexibility index (Phi) is 2.36. The summed E-state index contributed by atoms with van der Waals surface area (Å²) >= 11 is 0. The summed E-state index contributed by atoms with van der Waals surface area (Å²) < 4.78 is 5.44. The van der Waals surface area contributed by atoms with E-state index in [0.717, 1.165) is 0 Å². The largest absolute Gasteiger partial charge is 0.497 e. The van der Waals surface area contributed by atoms with Crippen LogP contribution in [0.1, 0.15) is 27.2 Å². The van der Waals surface area contributed by atoms with Gasteiger partial charge in [0.25, 0.3) is 0 Å². The van der Waals surface area contributed by atoms with Gasteiger partial charge in [-0.3, -0.25) is 0 Å². The Hall–Kier alpha value is -0.460. The molecule has 0 aromatic carbocycles. The van der Waals surface area contributed by atoms with E-state index in [0.29, 0.717) is 17.9 Å². The molecule has 58 valence electrons. The van der Waals surface area contributed by atoms with Gasteiger partial charge in [-0.15, -0.1) is 0 Å². The van der Waals surface area contributed by atoms with Gasteiger partial charge in [0.05, 0.1) is 6.26 Å². The van der Waals surface area contributed by atoms with Crippen molar-refractivity contribution in [3.63, 3.8) is 0 Å². The molecule has 1 heterocycles. The van der Waals surface area contributed by atoms with Gasteiger partial charge < -0.3 is 4.74 Å². The second-order valence-corrected chi connectivity index (χ2v) is 3.17. The van der Waals surface area contributed by atoms with E-state index in [1.807, 2.05) is 6.26 Å². The second kappa shape index (κ2) is 3.09. The van der Waals surface area contributed by atoms with Gasteiger partial charge in [0.2, 0.25) is 0 Å². The first-order valence-electron chi connectivity index (χ1n) is 4.07. The summed E-state index contributed by atoms with van der Waals surface area (Å²) in [6.45, 7) is 6.66. The summed E-state index contributed by atoms with van der Waals surface area (Å²) in [5, 5.41) is 0. The molecule has 0 saturated heterocycles. The maximum atomic E-state index is 5.44. The van der Waals surface area contributed by atoms with Crippen LogP contribution in [0, 0.1) is 11.8 Å². The monoisotopic (exact) mass is 140 g/mol. The lowest BCUT2D eigenvalue weighted by molar-refractivity contribution is 0.0863. The summed E-state index contributed by atoms with van der Waals surface area (Å²) in [6.07, 6.45) is 5.61. The molecule has 0 amide bonds. The third kappa shape index (κ3) is 1.34. The van der Waals surface area contributed by atoms with Crippen LogP contribution in [0.4, 0.5) is 0 Å². The quantitative estimate of drug-likeness (QED) is 0.573. The van der Waals surface area contributed by atoms with Crippen molar-refractivity contribution >= 4 is 0 Å². The van der Waals surface area contributed by atoms with Gasteiger partial charge in [-0.25, -0.2) is 0 Å². The van der Waals surface area contributed by atoms with E-state index >= 15 is 0 Å². The molecule has 0 fully saturated rings. The van der Waals surface area contributed by atoms with Gasteiger partial charge in [-0.1, -0.05) is 27.2 Å². The van der Waals surface area contributed by atoms with Crippen molar-refractivity contribution in [2.45, 2.75) is 33.3 Å². The number of rotatable bonds is 2. The van der Waals surface area contributed by atoms with Crippen LogP contribution in [-0.4, -0.2) is 6.10 Å². The maximum absolute atomic E-state index is 5.44. The van der Waals surface area contributed by atoms with Crippen LogP contribution < -0.4 is 0 Å². The molecule has 3 atom stereocenters. The summed E-state index contributed by atoms with van der Waals surface area (Å²) in [5.74, 6) is 1.29. The van der Waals surface area contributed by atoms with Crippen molar-refractivity contribution in [3.05, 3.63) is 12.3 Å². The Morgan fingerprint density at radius 2 is 2.30 bits per heavy atom. The first kappa shape index (κ1) is 7.64. The summed E-state index contributed by atoms with van der Waals surface area (Å²) in [4.78, 5) is 0. The van der Waals surface area contributed by atoms with Gasteiger partial charge >= 0.3 is 0 Å². The van der Waals surface area contributed by atoms with E-state index in [2.05, 4.69) is 26.8 Å². The average molecular weight is 140 g/mol. The van der Waals surface area contributed by atoms with Gasteiger partial charge in [0.1, 0.15) is 6.10 Å². The smallest absolute Gasteiger partial charge is 0.106 e. The fourth-order valence-corrected chi connectivity index (χ4v) is 1.38. The molecule has 0 N–H and O–H groups in total. The minimum Gasteiger partial charge on any atom is -0.497 e. The molecule has 0 aromatic rings. The van der Waals surface area contributed by atoms with E-state index in [9.17, 15) is 0 Å². The van der Waals surface area contributed by atoms with Crippen molar-refractivity contribution in [1.29, 1.82) is 0 Å². The van der Waals surface area contributed by atoms with Crippen LogP contribution >= 0.6 is 0 Å². The summed E-state index contributed by atoms with van der Waals surface area (Å²) in [7, 11) is 0. The molecule has 1 nitrogen and oxygen atoms in total. The molecule has 0 aliphatic carbocycles. The molecular weight excluding hydrogens is 124 g/mol. The molecule has 1 rings (SSSR count). The SMILES string of the molecule is CCC(C)[C@H]1OC=C[C@H]1C. The molecule has 0 bridgehead atoms. The predicted octanol–water partition coefficient (Wildman–Crippen LogP) is 2.58. The van der Waals surface area contributed by atoms with E-state index < -0.39 is 0 Å². The minimum absolute atomic E-state index is 0.435. The molecule has 0 radical (unpaired) electrons. The van der Waals surface area contributed by atoms with Crippen molar-refractivity contribution in [1.82, 2.24) is 0 Å². The molecule has 0 spiro atoms. The van der Waals surface area contributed by atoms with Gasteiger partial charge in [0.15, 0.2) is 0 Å². The molecule has 0 aromatic heterocycles. The normalized spacial score (nSPS) is 33.9. The standard InChI is InChI=1S/C9H16O/c1-4-7(2)9-8(3)5-6-10-9/h5-9H,4H2,1-3H3/t7?,8-,9-/m1/s1. The van der Waals surface area contributed by atoms with Crippen LogP contribution in [0.5, 0.6) is 0 Å². The zero-order valence-electron chi connectivity index (χ0n) is 7.00. The van der Waals surface area contributed by atoms with Crippen LogP contribution in [-0.2, 0) is 4.74 Å². The lowest BCUT2D eigenvalue weighted by Crippen LogP contribution is -2.22. The highest BCUT2D eigenvalue weighted by atomic mass is 16.5. The molecule has 10 heavy (non-hydrogen) atoms. The molecule has 1 unspecified atom stereocenters. The minimum atomic E-state index is 0.435. The molecule has 1 heteroatoms. The third-order valence-corrected chi connectivity index (χ3v) is 2.34. The lowest BCUT2D eigenvalue weighted by atomic mass is 9.93. The van der Waals surface area contributed by atoms with Gasteiger partial charge in [-0.2, -0.15) is 0 Å². The first-order valence-corrected chi connectivity index (χ1v) is 4.07. The Labute approximate surface area is 63.1 Å².